The summed E-state index contributed by atoms with van der Waals surface area (Å²) in [7, 11) is 1.72. The van der Waals surface area contributed by atoms with Crippen molar-refractivity contribution in [2.24, 2.45) is 0 Å². The number of nitrogens with one attached hydrogen (secondary N) is 2. The summed E-state index contributed by atoms with van der Waals surface area (Å²) in [6.45, 7) is 1.87. The van der Waals surface area contributed by atoms with E-state index in [4.69, 9.17) is 9.15 Å². The van der Waals surface area contributed by atoms with Crippen LogP contribution in [0.15, 0.2) is 47.3 Å². The van der Waals surface area contributed by atoms with Gasteiger partial charge in [-0.05, 0) is 31.5 Å². The van der Waals surface area contributed by atoms with Crippen LogP contribution in [-0.2, 0) is 6.54 Å². The summed E-state index contributed by atoms with van der Waals surface area (Å²) in [5.74, 6) is 0.939. The van der Waals surface area contributed by atoms with Crippen LogP contribution in [-0.4, -0.2) is 19.7 Å². The van der Waals surface area contributed by atoms with E-state index in [0.717, 1.165) is 25.3 Å². The highest BCUT2D eigenvalue weighted by atomic mass is 16.5. The fraction of sp³-hybridized carbons (Fsp3) is 0.412. The zero-order chi connectivity index (χ0) is 14.5. The van der Waals surface area contributed by atoms with E-state index in [9.17, 15) is 0 Å². The van der Waals surface area contributed by atoms with Crippen molar-refractivity contribution in [2.75, 3.05) is 13.7 Å². The summed E-state index contributed by atoms with van der Waals surface area (Å²) in [6.07, 6.45) is 5.93. The molecule has 112 valence electrons. The lowest BCUT2D eigenvalue weighted by Crippen LogP contribution is -2.45. The van der Waals surface area contributed by atoms with Crippen molar-refractivity contribution in [2.45, 2.75) is 31.5 Å². The second kappa shape index (κ2) is 6.78. The minimum absolute atomic E-state index is 0.312. The minimum atomic E-state index is 0.312. The van der Waals surface area contributed by atoms with Gasteiger partial charge in [0.1, 0.15) is 5.75 Å². The van der Waals surface area contributed by atoms with Crippen LogP contribution in [0.1, 0.15) is 30.0 Å². The zero-order valence-corrected chi connectivity index (χ0v) is 12.3. The van der Waals surface area contributed by atoms with Gasteiger partial charge in [0.25, 0.3) is 0 Å². The third kappa shape index (κ3) is 3.28. The second-order valence-corrected chi connectivity index (χ2v) is 5.43. The Morgan fingerprint density at radius 3 is 3.05 bits per heavy atom. The normalized spacial score (nSPS) is 22.1. The molecule has 2 heterocycles. The average Bonchev–Trinajstić information content (AvgIpc) is 3.08. The number of hydrogen-bond donors (Lipinski definition) is 2. The zero-order valence-electron chi connectivity index (χ0n) is 12.3. The Kier molecular flexibility index (Phi) is 4.58. The van der Waals surface area contributed by atoms with Crippen LogP contribution >= 0.6 is 0 Å². The molecule has 0 bridgehead atoms. The van der Waals surface area contributed by atoms with Crippen LogP contribution in [0.4, 0.5) is 0 Å². The Balaban J connectivity index is 1.68. The molecule has 4 nitrogen and oxygen atoms in total. The van der Waals surface area contributed by atoms with Crippen LogP contribution in [0.5, 0.6) is 5.75 Å². The summed E-state index contributed by atoms with van der Waals surface area (Å²) in [6, 6.07) is 10.9. The van der Waals surface area contributed by atoms with E-state index >= 15 is 0 Å². The van der Waals surface area contributed by atoms with Gasteiger partial charge in [-0.1, -0.05) is 18.2 Å². The Bertz CT molecular complexity index is 554. The molecule has 0 amide bonds. The monoisotopic (exact) mass is 286 g/mol. The van der Waals surface area contributed by atoms with E-state index < -0.39 is 0 Å². The number of furan rings is 1. The lowest BCUT2D eigenvalue weighted by atomic mass is 9.93. The van der Waals surface area contributed by atoms with E-state index in [1.807, 2.05) is 30.5 Å². The molecule has 0 radical (unpaired) electrons. The molecule has 1 aromatic carbocycles. The lowest BCUT2D eigenvalue weighted by Gasteiger charge is -2.33. The van der Waals surface area contributed by atoms with Gasteiger partial charge in [-0.25, -0.2) is 0 Å². The Hall–Kier alpha value is -1.78. The third-order valence-electron chi connectivity index (χ3n) is 4.11. The van der Waals surface area contributed by atoms with Crippen LogP contribution in [0.25, 0.3) is 0 Å². The summed E-state index contributed by atoms with van der Waals surface area (Å²) < 4.78 is 10.6. The van der Waals surface area contributed by atoms with Crippen molar-refractivity contribution in [1.82, 2.24) is 10.6 Å². The summed E-state index contributed by atoms with van der Waals surface area (Å²) in [4.78, 5) is 0. The van der Waals surface area contributed by atoms with Crippen LogP contribution in [0.3, 0.4) is 0 Å². The number of ether oxygens (including phenoxy) is 1. The van der Waals surface area contributed by atoms with Crippen molar-refractivity contribution >= 4 is 0 Å². The SMILES string of the molecule is COc1ccccc1CN[C@@H]1CCCN[C@@H]1c1ccoc1. The highest BCUT2D eigenvalue weighted by Gasteiger charge is 2.26. The molecular formula is C17H22N2O2. The van der Waals surface area contributed by atoms with Gasteiger partial charge in [-0.3, -0.25) is 0 Å². The van der Waals surface area contributed by atoms with Crippen molar-refractivity contribution < 1.29 is 9.15 Å². The Labute approximate surface area is 125 Å². The molecule has 1 aliphatic heterocycles. The van der Waals surface area contributed by atoms with Gasteiger partial charge in [0.2, 0.25) is 0 Å². The number of rotatable bonds is 5. The van der Waals surface area contributed by atoms with Gasteiger partial charge >= 0.3 is 0 Å². The lowest BCUT2D eigenvalue weighted by molar-refractivity contribution is 0.301. The number of hydrogen-bond acceptors (Lipinski definition) is 4. The molecule has 2 aromatic rings. The molecule has 2 N–H and O–H groups in total. The molecule has 3 rings (SSSR count). The molecule has 1 aromatic heterocycles. The predicted octanol–water partition coefficient (Wildman–Crippen LogP) is 2.87. The first-order valence-electron chi connectivity index (χ1n) is 7.49. The molecule has 0 unspecified atom stereocenters. The maximum atomic E-state index is 5.41. The number of methoxy groups -OCH3 is 1. The molecule has 1 fully saturated rings. The minimum Gasteiger partial charge on any atom is -0.496 e. The molecule has 21 heavy (non-hydrogen) atoms. The number of piperidine rings is 1. The molecule has 2 atom stereocenters. The first-order chi connectivity index (χ1) is 10.4. The van der Waals surface area contributed by atoms with Gasteiger partial charge in [0.05, 0.1) is 25.7 Å². The van der Waals surface area contributed by atoms with Crippen molar-refractivity contribution in [1.29, 1.82) is 0 Å². The largest absolute Gasteiger partial charge is 0.496 e. The van der Waals surface area contributed by atoms with E-state index in [1.54, 1.807) is 13.4 Å². The van der Waals surface area contributed by atoms with E-state index in [-0.39, 0.29) is 0 Å². The highest BCUT2D eigenvalue weighted by Crippen LogP contribution is 2.25. The van der Waals surface area contributed by atoms with Gasteiger partial charge in [-0.2, -0.15) is 0 Å². The van der Waals surface area contributed by atoms with Gasteiger partial charge in [-0.15, -0.1) is 0 Å². The van der Waals surface area contributed by atoms with Crippen molar-refractivity contribution in [3.8, 4) is 5.75 Å². The number of para-hydroxylation sites is 1. The van der Waals surface area contributed by atoms with Gasteiger partial charge in [0.15, 0.2) is 0 Å². The fourth-order valence-corrected chi connectivity index (χ4v) is 3.00. The average molecular weight is 286 g/mol. The number of benzene rings is 1. The van der Waals surface area contributed by atoms with E-state index in [0.29, 0.717) is 12.1 Å². The van der Waals surface area contributed by atoms with Crippen LogP contribution in [0, 0.1) is 0 Å². The molecule has 0 spiro atoms. The molecule has 0 saturated carbocycles. The molecule has 0 aliphatic carbocycles. The molecular weight excluding hydrogens is 264 g/mol. The summed E-state index contributed by atoms with van der Waals surface area (Å²) >= 11 is 0. The maximum absolute atomic E-state index is 5.41. The molecule has 1 aliphatic rings. The van der Waals surface area contributed by atoms with Crippen molar-refractivity contribution in [3.63, 3.8) is 0 Å². The van der Waals surface area contributed by atoms with Crippen LogP contribution in [0.2, 0.25) is 0 Å². The quantitative estimate of drug-likeness (QED) is 0.887. The Morgan fingerprint density at radius 1 is 1.33 bits per heavy atom. The molecule has 4 heteroatoms. The smallest absolute Gasteiger partial charge is 0.123 e. The first-order valence-corrected chi connectivity index (χ1v) is 7.49. The highest BCUT2D eigenvalue weighted by molar-refractivity contribution is 5.33. The van der Waals surface area contributed by atoms with Crippen LogP contribution < -0.4 is 15.4 Å². The van der Waals surface area contributed by atoms with Gasteiger partial charge in [0, 0.05) is 23.7 Å². The van der Waals surface area contributed by atoms with E-state index in [2.05, 4.69) is 16.7 Å². The topological polar surface area (TPSA) is 46.4 Å². The fourth-order valence-electron chi connectivity index (χ4n) is 3.00. The predicted molar refractivity (Wildman–Crippen MR) is 82.3 cm³/mol. The Morgan fingerprint density at radius 2 is 2.24 bits per heavy atom. The second-order valence-electron chi connectivity index (χ2n) is 5.43. The van der Waals surface area contributed by atoms with E-state index in [1.165, 1.54) is 17.5 Å². The third-order valence-corrected chi connectivity index (χ3v) is 4.11. The maximum Gasteiger partial charge on any atom is 0.123 e. The van der Waals surface area contributed by atoms with Gasteiger partial charge < -0.3 is 19.8 Å². The first kappa shape index (κ1) is 14.2. The van der Waals surface area contributed by atoms with Crippen molar-refractivity contribution in [3.05, 3.63) is 54.0 Å². The summed E-state index contributed by atoms with van der Waals surface area (Å²) in [5.41, 5.74) is 2.41. The molecule has 1 saturated heterocycles. The summed E-state index contributed by atoms with van der Waals surface area (Å²) in [5, 5.41) is 7.25. The standard InChI is InChI=1S/C17H22N2O2/c1-20-16-7-3-2-5-13(16)11-19-15-6-4-9-18-17(15)14-8-10-21-12-14/h2-3,5,7-8,10,12,15,17-19H,4,6,9,11H2,1H3/t15-,17-/m1/s1.